The molecule has 1 N–H and O–H groups in total. The maximum Gasteiger partial charge on any atom is 0.0632 e. The van der Waals surface area contributed by atoms with Gasteiger partial charge in [-0.25, -0.2) is 0 Å². The third-order valence-corrected chi connectivity index (χ3v) is 2.83. The summed E-state index contributed by atoms with van der Waals surface area (Å²) in [4.78, 5) is 0. The molecule has 2 rings (SSSR count). The molecule has 1 saturated carbocycles. The first kappa shape index (κ1) is 10.4. The minimum absolute atomic E-state index is 0.815. The Balaban J connectivity index is 1.81. The van der Waals surface area contributed by atoms with Crippen molar-refractivity contribution in [3.63, 3.8) is 0 Å². The highest BCUT2D eigenvalue weighted by Crippen LogP contribution is 2.18. The van der Waals surface area contributed by atoms with E-state index in [1.165, 1.54) is 24.1 Å². The molecule has 1 heterocycles. The predicted molar refractivity (Wildman–Crippen MR) is 62.5 cm³/mol. The van der Waals surface area contributed by atoms with E-state index in [1.54, 1.807) is 0 Å². The Morgan fingerprint density at radius 1 is 1.67 bits per heavy atom. The largest absolute Gasteiger partial charge is 0.314 e. The second-order valence-corrected chi connectivity index (χ2v) is 4.24. The zero-order valence-corrected chi connectivity index (χ0v) is 9.53. The van der Waals surface area contributed by atoms with Gasteiger partial charge in [-0.05, 0) is 44.4 Å². The van der Waals surface area contributed by atoms with Gasteiger partial charge in [-0.3, -0.25) is 4.68 Å². The van der Waals surface area contributed by atoms with Crippen LogP contribution in [0.4, 0.5) is 0 Å². The summed E-state index contributed by atoms with van der Waals surface area (Å²) >= 11 is 0. The van der Waals surface area contributed by atoms with Crippen LogP contribution in [0.15, 0.2) is 18.3 Å². The highest BCUT2D eigenvalue weighted by molar-refractivity contribution is 5.60. The molecule has 0 unspecified atom stereocenters. The van der Waals surface area contributed by atoms with Crippen molar-refractivity contribution >= 4 is 5.57 Å². The summed E-state index contributed by atoms with van der Waals surface area (Å²) < 4.78 is 1.92. The summed E-state index contributed by atoms with van der Waals surface area (Å²) in [5.74, 6) is 0. The number of aryl methyl sites for hydroxylation is 1. The normalized spacial score (nSPS) is 17.1. The summed E-state index contributed by atoms with van der Waals surface area (Å²) in [7, 11) is 1.98. The highest BCUT2D eigenvalue weighted by atomic mass is 15.3. The Bertz CT molecular complexity index is 348. The molecule has 0 spiro atoms. The molecule has 1 aromatic heterocycles. The lowest BCUT2D eigenvalue weighted by Crippen LogP contribution is -2.16. The van der Waals surface area contributed by atoms with Gasteiger partial charge in [-0.1, -0.05) is 6.08 Å². The molecule has 1 aliphatic carbocycles. The maximum absolute atomic E-state index is 4.16. The van der Waals surface area contributed by atoms with Crippen molar-refractivity contribution in [1.82, 2.24) is 15.1 Å². The van der Waals surface area contributed by atoms with Crippen LogP contribution < -0.4 is 5.32 Å². The second-order valence-electron chi connectivity index (χ2n) is 4.24. The van der Waals surface area contributed by atoms with Gasteiger partial charge in [-0.15, -0.1) is 0 Å². The van der Waals surface area contributed by atoms with Crippen molar-refractivity contribution in [2.75, 3.05) is 6.54 Å². The van der Waals surface area contributed by atoms with E-state index in [0.29, 0.717) is 0 Å². The van der Waals surface area contributed by atoms with Crippen LogP contribution in [0.5, 0.6) is 0 Å². The number of hydrogen-bond acceptors (Lipinski definition) is 2. The van der Waals surface area contributed by atoms with Crippen molar-refractivity contribution in [2.24, 2.45) is 7.05 Å². The third-order valence-electron chi connectivity index (χ3n) is 2.83. The van der Waals surface area contributed by atoms with Gasteiger partial charge >= 0.3 is 0 Å². The van der Waals surface area contributed by atoms with E-state index in [9.17, 15) is 0 Å². The van der Waals surface area contributed by atoms with Crippen LogP contribution in [0.2, 0.25) is 0 Å². The van der Waals surface area contributed by atoms with Crippen molar-refractivity contribution in [3.05, 3.63) is 24.0 Å². The minimum Gasteiger partial charge on any atom is -0.314 e. The monoisotopic (exact) mass is 205 g/mol. The molecule has 3 nitrogen and oxygen atoms in total. The SMILES string of the molecule is CC(=CCCNC1CC1)c1ccnn1C. The average Bonchev–Trinajstić information content (AvgIpc) is 2.94. The quantitative estimate of drug-likeness (QED) is 0.745. The van der Waals surface area contributed by atoms with Crippen molar-refractivity contribution < 1.29 is 0 Å². The van der Waals surface area contributed by atoms with Gasteiger partial charge in [0.25, 0.3) is 0 Å². The van der Waals surface area contributed by atoms with E-state index < -0.39 is 0 Å². The van der Waals surface area contributed by atoms with Crippen LogP contribution in [0, 0.1) is 0 Å². The molecule has 82 valence electrons. The number of nitrogens with one attached hydrogen (secondary N) is 1. The molecule has 3 heteroatoms. The van der Waals surface area contributed by atoms with Crippen LogP contribution in [-0.2, 0) is 7.05 Å². The molecule has 0 bridgehead atoms. The minimum atomic E-state index is 0.815. The average molecular weight is 205 g/mol. The Morgan fingerprint density at radius 3 is 3.07 bits per heavy atom. The summed E-state index contributed by atoms with van der Waals surface area (Å²) in [5.41, 5.74) is 2.52. The van der Waals surface area contributed by atoms with Crippen LogP contribution in [0.3, 0.4) is 0 Å². The number of rotatable bonds is 5. The van der Waals surface area contributed by atoms with Gasteiger partial charge in [0.2, 0.25) is 0 Å². The van der Waals surface area contributed by atoms with E-state index in [0.717, 1.165) is 19.0 Å². The number of nitrogens with zero attached hydrogens (tertiary/aromatic N) is 2. The summed E-state index contributed by atoms with van der Waals surface area (Å²) in [5, 5.41) is 7.67. The molecular formula is C12H19N3. The molecule has 0 amide bonds. The Labute approximate surface area is 91.2 Å². The molecule has 1 aromatic rings. The first-order valence-electron chi connectivity index (χ1n) is 5.66. The first-order chi connectivity index (χ1) is 7.27. The van der Waals surface area contributed by atoms with Crippen molar-refractivity contribution in [3.8, 4) is 0 Å². The first-order valence-corrected chi connectivity index (χ1v) is 5.66. The van der Waals surface area contributed by atoms with E-state index in [2.05, 4.69) is 29.5 Å². The van der Waals surface area contributed by atoms with Crippen LogP contribution in [0.1, 0.15) is 31.9 Å². The highest BCUT2D eigenvalue weighted by Gasteiger charge is 2.19. The van der Waals surface area contributed by atoms with Crippen LogP contribution >= 0.6 is 0 Å². The number of hydrogen-bond donors (Lipinski definition) is 1. The standard InChI is InChI=1S/C12H19N3/c1-10(12-7-9-14-15(12)2)4-3-8-13-11-5-6-11/h4,7,9,11,13H,3,5-6,8H2,1-2H3. The lowest BCUT2D eigenvalue weighted by molar-refractivity contribution is 0.690. The van der Waals surface area contributed by atoms with Gasteiger partial charge in [-0.2, -0.15) is 5.10 Å². The lowest BCUT2D eigenvalue weighted by atomic mass is 10.2. The van der Waals surface area contributed by atoms with Gasteiger partial charge in [0.1, 0.15) is 0 Å². The summed E-state index contributed by atoms with van der Waals surface area (Å²) in [6.07, 6.45) is 7.96. The smallest absolute Gasteiger partial charge is 0.0632 e. The van der Waals surface area contributed by atoms with Crippen molar-refractivity contribution in [1.29, 1.82) is 0 Å². The van der Waals surface area contributed by atoms with Gasteiger partial charge in [0.15, 0.2) is 0 Å². The van der Waals surface area contributed by atoms with E-state index in [1.807, 2.05) is 17.9 Å². The van der Waals surface area contributed by atoms with Gasteiger partial charge < -0.3 is 5.32 Å². The van der Waals surface area contributed by atoms with E-state index in [4.69, 9.17) is 0 Å². The van der Waals surface area contributed by atoms with Crippen LogP contribution in [-0.4, -0.2) is 22.4 Å². The predicted octanol–water partition coefficient (Wildman–Crippen LogP) is 1.97. The number of aromatic nitrogens is 2. The molecule has 1 aliphatic rings. The van der Waals surface area contributed by atoms with E-state index in [-0.39, 0.29) is 0 Å². The molecule has 0 aliphatic heterocycles. The maximum atomic E-state index is 4.16. The summed E-state index contributed by atoms with van der Waals surface area (Å²) in [6.45, 7) is 3.24. The molecule has 0 saturated heterocycles. The Hall–Kier alpha value is -1.09. The molecule has 1 fully saturated rings. The number of allylic oxidation sites excluding steroid dienone is 1. The fourth-order valence-corrected chi connectivity index (χ4v) is 1.73. The van der Waals surface area contributed by atoms with E-state index >= 15 is 0 Å². The van der Waals surface area contributed by atoms with Gasteiger partial charge in [0.05, 0.1) is 5.69 Å². The summed E-state index contributed by atoms with van der Waals surface area (Å²) in [6, 6.07) is 2.87. The van der Waals surface area contributed by atoms with Gasteiger partial charge in [0, 0.05) is 19.3 Å². The zero-order valence-electron chi connectivity index (χ0n) is 9.53. The molecule has 0 atom stereocenters. The lowest BCUT2D eigenvalue weighted by Gasteiger charge is -2.03. The molecule has 0 radical (unpaired) electrons. The topological polar surface area (TPSA) is 29.9 Å². The second kappa shape index (κ2) is 4.62. The zero-order chi connectivity index (χ0) is 10.7. The molecular weight excluding hydrogens is 186 g/mol. The third kappa shape index (κ3) is 2.93. The van der Waals surface area contributed by atoms with Crippen LogP contribution in [0.25, 0.3) is 5.57 Å². The molecule has 0 aromatic carbocycles. The fourth-order valence-electron chi connectivity index (χ4n) is 1.73. The Morgan fingerprint density at radius 2 is 2.47 bits per heavy atom. The molecule has 15 heavy (non-hydrogen) atoms. The fraction of sp³-hybridized carbons (Fsp3) is 0.583. The van der Waals surface area contributed by atoms with Crippen molar-refractivity contribution in [2.45, 2.75) is 32.2 Å². The Kier molecular flexibility index (Phi) is 3.21.